The third-order valence-electron chi connectivity index (χ3n) is 1.12. The van der Waals surface area contributed by atoms with Crippen LogP contribution in [0.5, 0.6) is 0 Å². The molecule has 0 saturated heterocycles. The number of aromatic carboxylic acids is 1. The minimum Gasteiger partial charge on any atom is -0.477 e. The Morgan fingerprint density at radius 3 is 3.18 bits per heavy atom. The second kappa shape index (κ2) is 3.45. The van der Waals surface area contributed by atoms with E-state index in [0.717, 1.165) is 11.3 Å². The van der Waals surface area contributed by atoms with Crippen LogP contribution in [0.4, 0.5) is 0 Å². The normalized spacial score (nSPS) is 9.91. The third kappa shape index (κ3) is 1.75. The molecule has 0 amide bonds. The van der Waals surface area contributed by atoms with Crippen LogP contribution in [0.15, 0.2) is 5.51 Å². The first-order valence-electron chi connectivity index (χ1n) is 2.90. The summed E-state index contributed by atoms with van der Waals surface area (Å²) in [7, 11) is 1.50. The van der Waals surface area contributed by atoms with Gasteiger partial charge in [0.25, 0.3) is 0 Å². The molecule has 0 aliphatic rings. The minimum atomic E-state index is -0.945. The SMILES string of the molecule is COCc1ncsc1C(=O)O. The summed E-state index contributed by atoms with van der Waals surface area (Å²) >= 11 is 1.11. The highest BCUT2D eigenvalue weighted by molar-refractivity contribution is 7.11. The quantitative estimate of drug-likeness (QED) is 0.740. The Balaban J connectivity index is 2.87. The Bertz CT molecular complexity index is 258. The van der Waals surface area contributed by atoms with Crippen molar-refractivity contribution in [3.05, 3.63) is 16.1 Å². The number of carbonyl (C=O) groups is 1. The van der Waals surface area contributed by atoms with E-state index in [4.69, 9.17) is 9.84 Å². The van der Waals surface area contributed by atoms with Gasteiger partial charge in [-0.25, -0.2) is 9.78 Å². The van der Waals surface area contributed by atoms with Crippen molar-refractivity contribution in [3.63, 3.8) is 0 Å². The van der Waals surface area contributed by atoms with Gasteiger partial charge in [0.15, 0.2) is 0 Å². The van der Waals surface area contributed by atoms with Crippen LogP contribution >= 0.6 is 11.3 Å². The Morgan fingerprint density at radius 2 is 2.64 bits per heavy atom. The van der Waals surface area contributed by atoms with E-state index in [2.05, 4.69) is 4.98 Å². The van der Waals surface area contributed by atoms with Gasteiger partial charge in [0.05, 0.1) is 17.8 Å². The molecular weight excluding hydrogens is 166 g/mol. The molecule has 0 atom stereocenters. The summed E-state index contributed by atoms with van der Waals surface area (Å²) in [5, 5.41) is 8.60. The fourth-order valence-corrected chi connectivity index (χ4v) is 1.32. The molecule has 0 fully saturated rings. The van der Waals surface area contributed by atoms with Crippen LogP contribution < -0.4 is 0 Å². The number of ether oxygens (including phenoxy) is 1. The van der Waals surface area contributed by atoms with Gasteiger partial charge in [-0.3, -0.25) is 0 Å². The van der Waals surface area contributed by atoms with Crippen molar-refractivity contribution < 1.29 is 14.6 Å². The number of rotatable bonds is 3. The van der Waals surface area contributed by atoms with E-state index >= 15 is 0 Å². The Kier molecular flexibility index (Phi) is 2.56. The first kappa shape index (κ1) is 8.16. The summed E-state index contributed by atoms with van der Waals surface area (Å²) in [5.74, 6) is -0.945. The summed E-state index contributed by atoms with van der Waals surface area (Å²) in [6.45, 7) is 0.255. The highest BCUT2D eigenvalue weighted by Gasteiger charge is 2.11. The first-order valence-corrected chi connectivity index (χ1v) is 3.78. The van der Waals surface area contributed by atoms with E-state index in [1.807, 2.05) is 0 Å². The second-order valence-electron chi connectivity index (χ2n) is 1.87. The smallest absolute Gasteiger partial charge is 0.347 e. The van der Waals surface area contributed by atoms with Gasteiger partial charge in [-0.1, -0.05) is 0 Å². The number of aromatic nitrogens is 1. The van der Waals surface area contributed by atoms with Crippen LogP contribution in [0.3, 0.4) is 0 Å². The first-order chi connectivity index (χ1) is 5.25. The lowest BCUT2D eigenvalue weighted by Gasteiger charge is -1.94. The van der Waals surface area contributed by atoms with Crippen molar-refractivity contribution in [1.82, 2.24) is 4.98 Å². The maximum Gasteiger partial charge on any atom is 0.347 e. The van der Waals surface area contributed by atoms with E-state index in [-0.39, 0.29) is 11.5 Å². The van der Waals surface area contributed by atoms with Gasteiger partial charge in [0.2, 0.25) is 0 Å². The van der Waals surface area contributed by atoms with Crippen LogP contribution in [-0.4, -0.2) is 23.2 Å². The number of carboxylic acid groups (broad SMARTS) is 1. The van der Waals surface area contributed by atoms with Crippen molar-refractivity contribution in [2.24, 2.45) is 0 Å². The monoisotopic (exact) mass is 173 g/mol. The molecule has 0 unspecified atom stereocenters. The van der Waals surface area contributed by atoms with Gasteiger partial charge in [-0.05, 0) is 0 Å². The zero-order chi connectivity index (χ0) is 8.27. The fraction of sp³-hybridized carbons (Fsp3) is 0.333. The molecule has 0 aliphatic carbocycles. The van der Waals surface area contributed by atoms with Gasteiger partial charge < -0.3 is 9.84 Å². The van der Waals surface area contributed by atoms with Crippen molar-refractivity contribution in [2.45, 2.75) is 6.61 Å². The van der Waals surface area contributed by atoms with E-state index < -0.39 is 5.97 Å². The van der Waals surface area contributed by atoms with E-state index in [9.17, 15) is 4.79 Å². The molecule has 11 heavy (non-hydrogen) atoms. The third-order valence-corrected chi connectivity index (χ3v) is 1.97. The second-order valence-corrected chi connectivity index (χ2v) is 2.72. The average molecular weight is 173 g/mol. The van der Waals surface area contributed by atoms with Crippen LogP contribution in [0.2, 0.25) is 0 Å². The van der Waals surface area contributed by atoms with Crippen molar-refractivity contribution in [2.75, 3.05) is 7.11 Å². The van der Waals surface area contributed by atoms with Crippen LogP contribution in [-0.2, 0) is 11.3 Å². The molecule has 1 aromatic heterocycles. The molecule has 5 heteroatoms. The van der Waals surface area contributed by atoms with Crippen LogP contribution in [0, 0.1) is 0 Å². The van der Waals surface area contributed by atoms with Gasteiger partial charge in [-0.2, -0.15) is 0 Å². The molecule has 60 valence electrons. The summed E-state index contributed by atoms with van der Waals surface area (Å²) in [6.07, 6.45) is 0. The molecule has 1 rings (SSSR count). The zero-order valence-electron chi connectivity index (χ0n) is 5.90. The lowest BCUT2D eigenvalue weighted by atomic mass is 10.4. The van der Waals surface area contributed by atoms with Crippen molar-refractivity contribution in [3.8, 4) is 0 Å². The Morgan fingerprint density at radius 1 is 1.91 bits per heavy atom. The molecule has 1 N–H and O–H groups in total. The summed E-state index contributed by atoms with van der Waals surface area (Å²) in [6, 6.07) is 0. The number of thiazole rings is 1. The predicted molar refractivity (Wildman–Crippen MR) is 39.8 cm³/mol. The summed E-state index contributed by atoms with van der Waals surface area (Å²) in [4.78, 5) is 14.6. The molecule has 0 aliphatic heterocycles. The maximum absolute atomic E-state index is 10.5. The molecule has 1 heterocycles. The molecule has 0 saturated carbocycles. The Hall–Kier alpha value is -0.940. The van der Waals surface area contributed by atoms with Crippen LogP contribution in [0.1, 0.15) is 15.4 Å². The average Bonchev–Trinajstić information content (AvgIpc) is 2.36. The van der Waals surface area contributed by atoms with E-state index in [0.29, 0.717) is 5.69 Å². The molecular formula is C6H7NO3S. The topological polar surface area (TPSA) is 59.4 Å². The van der Waals surface area contributed by atoms with Gasteiger partial charge >= 0.3 is 5.97 Å². The minimum absolute atomic E-state index is 0.255. The van der Waals surface area contributed by atoms with Gasteiger partial charge in [-0.15, -0.1) is 11.3 Å². The van der Waals surface area contributed by atoms with Gasteiger partial charge in [0, 0.05) is 7.11 Å². The van der Waals surface area contributed by atoms with Gasteiger partial charge in [0.1, 0.15) is 4.88 Å². The van der Waals surface area contributed by atoms with E-state index in [1.54, 1.807) is 0 Å². The molecule has 0 radical (unpaired) electrons. The van der Waals surface area contributed by atoms with Crippen molar-refractivity contribution in [1.29, 1.82) is 0 Å². The fourth-order valence-electron chi connectivity index (χ4n) is 0.683. The standard InChI is InChI=1S/C6H7NO3S/c1-10-2-4-5(6(8)9)11-3-7-4/h3H,2H2,1H3,(H,8,9). The highest BCUT2D eigenvalue weighted by Crippen LogP contribution is 2.13. The Labute approximate surface area is 67.5 Å². The predicted octanol–water partition coefficient (Wildman–Crippen LogP) is 0.988. The molecule has 4 nitrogen and oxygen atoms in total. The summed E-state index contributed by atoms with van der Waals surface area (Å²) < 4.78 is 4.76. The van der Waals surface area contributed by atoms with E-state index in [1.165, 1.54) is 12.6 Å². The summed E-state index contributed by atoms with van der Waals surface area (Å²) in [5.41, 5.74) is 1.99. The number of hydrogen-bond donors (Lipinski definition) is 1. The number of nitrogens with zero attached hydrogens (tertiary/aromatic N) is 1. The number of carboxylic acids is 1. The number of methoxy groups -OCH3 is 1. The van der Waals surface area contributed by atoms with Crippen molar-refractivity contribution >= 4 is 17.3 Å². The lowest BCUT2D eigenvalue weighted by Crippen LogP contribution is -1.99. The zero-order valence-corrected chi connectivity index (χ0v) is 6.72. The molecule has 0 spiro atoms. The largest absolute Gasteiger partial charge is 0.477 e. The number of hydrogen-bond acceptors (Lipinski definition) is 4. The maximum atomic E-state index is 10.5. The van der Waals surface area contributed by atoms with Crippen LogP contribution in [0.25, 0.3) is 0 Å². The lowest BCUT2D eigenvalue weighted by molar-refractivity contribution is 0.0697. The highest BCUT2D eigenvalue weighted by atomic mass is 32.1. The molecule has 0 aromatic carbocycles. The molecule has 1 aromatic rings. The molecule has 0 bridgehead atoms.